The zero-order valence-corrected chi connectivity index (χ0v) is 7.99. The van der Waals surface area contributed by atoms with E-state index in [1.54, 1.807) is 0 Å². The van der Waals surface area contributed by atoms with E-state index in [0.717, 1.165) is 19.5 Å². The van der Waals surface area contributed by atoms with Crippen LogP contribution in [0.2, 0.25) is 0 Å². The van der Waals surface area contributed by atoms with Gasteiger partial charge in [0.25, 0.3) is 0 Å². The Labute approximate surface area is 75.1 Å². The van der Waals surface area contributed by atoms with Crippen molar-refractivity contribution in [2.24, 2.45) is 11.7 Å². The Kier molecular flexibility index (Phi) is 3.35. The van der Waals surface area contributed by atoms with Crippen molar-refractivity contribution < 1.29 is 5.11 Å². The van der Waals surface area contributed by atoms with Crippen molar-refractivity contribution in [2.75, 3.05) is 19.6 Å². The highest BCUT2D eigenvalue weighted by Crippen LogP contribution is 2.21. The minimum absolute atomic E-state index is 0.152. The Morgan fingerprint density at radius 1 is 1.60 bits per heavy atom. The van der Waals surface area contributed by atoms with Crippen molar-refractivity contribution in [3.8, 4) is 0 Å². The van der Waals surface area contributed by atoms with Crippen LogP contribution in [-0.2, 0) is 0 Å². The van der Waals surface area contributed by atoms with Gasteiger partial charge in [0.05, 0.1) is 6.10 Å². The van der Waals surface area contributed by atoms with Gasteiger partial charge < -0.3 is 10.8 Å². The van der Waals surface area contributed by atoms with Crippen LogP contribution in [0.4, 0.5) is 0 Å². The van der Waals surface area contributed by atoms with E-state index in [0.29, 0.717) is 12.5 Å². The average molecular weight is 256 g/mol. The Morgan fingerprint density at radius 3 is 2.70 bits per heavy atom. The molecule has 1 fully saturated rings. The van der Waals surface area contributed by atoms with Crippen molar-refractivity contribution >= 4 is 22.9 Å². The summed E-state index contributed by atoms with van der Waals surface area (Å²) in [6.45, 7) is 2.47. The van der Waals surface area contributed by atoms with Crippen molar-refractivity contribution in [3.63, 3.8) is 0 Å². The second-order valence-electron chi connectivity index (χ2n) is 2.73. The van der Waals surface area contributed by atoms with Crippen molar-refractivity contribution in [3.05, 3.63) is 0 Å². The molecule has 4 heteroatoms. The summed E-state index contributed by atoms with van der Waals surface area (Å²) in [5.41, 5.74) is 5.38. The summed E-state index contributed by atoms with van der Waals surface area (Å²) >= 11 is 2.23. The molecule has 10 heavy (non-hydrogen) atoms. The lowest BCUT2D eigenvalue weighted by Gasteiger charge is -2.09. The van der Waals surface area contributed by atoms with Gasteiger partial charge in [0, 0.05) is 41.9 Å². The molecule has 2 atom stereocenters. The highest BCUT2D eigenvalue weighted by atomic mass is 127. The molecule has 0 aromatic heterocycles. The van der Waals surface area contributed by atoms with E-state index in [-0.39, 0.29) is 6.10 Å². The molecule has 1 aliphatic heterocycles. The lowest BCUT2D eigenvalue weighted by molar-refractivity contribution is 0.143. The van der Waals surface area contributed by atoms with E-state index in [1.165, 1.54) is 0 Å². The number of halogens is 1. The molecule has 0 spiro atoms. The van der Waals surface area contributed by atoms with Gasteiger partial charge in [-0.1, -0.05) is 0 Å². The molecule has 2 unspecified atom stereocenters. The van der Waals surface area contributed by atoms with E-state index >= 15 is 0 Å². The molecule has 1 saturated heterocycles. The summed E-state index contributed by atoms with van der Waals surface area (Å²) in [4.78, 5) is 0. The monoisotopic (exact) mass is 256 g/mol. The summed E-state index contributed by atoms with van der Waals surface area (Å²) in [6, 6.07) is 0. The highest BCUT2D eigenvalue weighted by molar-refractivity contribution is 14.1. The number of hydrogen-bond acceptors (Lipinski definition) is 3. The van der Waals surface area contributed by atoms with Crippen molar-refractivity contribution in [1.82, 2.24) is 3.11 Å². The van der Waals surface area contributed by atoms with Crippen LogP contribution in [0.1, 0.15) is 6.42 Å². The van der Waals surface area contributed by atoms with Crippen molar-refractivity contribution in [1.29, 1.82) is 0 Å². The molecule has 3 nitrogen and oxygen atoms in total. The third-order valence-electron chi connectivity index (χ3n) is 1.90. The fourth-order valence-electron chi connectivity index (χ4n) is 1.30. The number of aliphatic hydroxyl groups is 1. The van der Waals surface area contributed by atoms with Gasteiger partial charge in [0.1, 0.15) is 0 Å². The number of aliphatic hydroxyl groups excluding tert-OH is 1. The molecule has 3 N–H and O–H groups in total. The van der Waals surface area contributed by atoms with Crippen LogP contribution in [0.25, 0.3) is 0 Å². The minimum Gasteiger partial charge on any atom is -0.391 e. The molecule has 60 valence electrons. The van der Waals surface area contributed by atoms with Crippen LogP contribution in [0.5, 0.6) is 0 Å². The van der Waals surface area contributed by atoms with Crippen LogP contribution in [0, 0.1) is 5.92 Å². The Balaban J connectivity index is 2.31. The number of β-amino-alcohol motifs (C(OH)–C–C–N with tert-alkyl or cyclic N) is 1. The summed E-state index contributed by atoms with van der Waals surface area (Å²) in [5.74, 6) is 0.405. The van der Waals surface area contributed by atoms with E-state index in [1.807, 2.05) is 0 Å². The lowest BCUT2D eigenvalue weighted by atomic mass is 10.0. The van der Waals surface area contributed by atoms with E-state index in [4.69, 9.17) is 5.73 Å². The predicted molar refractivity (Wildman–Crippen MR) is 48.8 cm³/mol. The van der Waals surface area contributed by atoms with Crippen LogP contribution < -0.4 is 5.73 Å². The molecular weight excluding hydrogens is 243 g/mol. The molecule has 0 bridgehead atoms. The van der Waals surface area contributed by atoms with E-state index in [2.05, 4.69) is 26.0 Å². The van der Waals surface area contributed by atoms with Crippen molar-refractivity contribution in [2.45, 2.75) is 12.5 Å². The van der Waals surface area contributed by atoms with Gasteiger partial charge in [0.2, 0.25) is 0 Å². The number of nitrogens with zero attached hydrogens (tertiary/aromatic N) is 1. The molecular formula is C6H13IN2O. The molecule has 1 aliphatic rings. The van der Waals surface area contributed by atoms with Gasteiger partial charge >= 0.3 is 0 Å². The summed E-state index contributed by atoms with van der Waals surface area (Å²) < 4.78 is 2.11. The minimum atomic E-state index is -0.152. The van der Waals surface area contributed by atoms with Gasteiger partial charge in [0.15, 0.2) is 0 Å². The van der Waals surface area contributed by atoms with Gasteiger partial charge in [-0.15, -0.1) is 0 Å². The first-order valence-corrected chi connectivity index (χ1v) is 4.49. The maximum atomic E-state index is 9.39. The normalized spacial score (nSPS) is 35.1. The fourth-order valence-corrected chi connectivity index (χ4v) is 2.21. The summed E-state index contributed by atoms with van der Waals surface area (Å²) in [7, 11) is 0. The smallest absolute Gasteiger partial charge is 0.0716 e. The Bertz CT molecular complexity index is 112. The van der Waals surface area contributed by atoms with Gasteiger partial charge in [-0.05, 0) is 13.0 Å². The fraction of sp³-hybridized carbons (Fsp3) is 1.00. The van der Waals surface area contributed by atoms with Crippen LogP contribution in [-0.4, -0.2) is 34.0 Å². The maximum absolute atomic E-state index is 9.39. The first-order valence-electron chi connectivity index (χ1n) is 3.53. The molecule has 0 aromatic rings. The standard InChI is InChI=1S/C6H13IN2O/c7-9-3-5(1-2-8)6(10)4-9/h5-6,10H,1-4,8H2. The third kappa shape index (κ3) is 2.05. The van der Waals surface area contributed by atoms with Gasteiger partial charge in [-0.3, -0.25) is 0 Å². The quantitative estimate of drug-likeness (QED) is 0.539. The second kappa shape index (κ2) is 3.85. The molecule has 0 radical (unpaired) electrons. The van der Waals surface area contributed by atoms with Crippen LogP contribution in [0.15, 0.2) is 0 Å². The number of rotatable bonds is 2. The SMILES string of the molecule is NCCC1CN(I)CC1O. The predicted octanol–water partition coefficient (Wildman–Crippen LogP) is -0.0221. The first-order chi connectivity index (χ1) is 4.74. The third-order valence-corrected chi connectivity index (χ3v) is 2.69. The number of nitrogens with two attached hydrogens (primary N) is 1. The molecule has 0 aliphatic carbocycles. The zero-order valence-electron chi connectivity index (χ0n) is 5.83. The molecule has 1 heterocycles. The Hall–Kier alpha value is 0.610. The zero-order chi connectivity index (χ0) is 7.56. The molecule has 0 aromatic carbocycles. The summed E-state index contributed by atoms with van der Waals surface area (Å²) in [6.07, 6.45) is 0.793. The lowest BCUT2D eigenvalue weighted by Crippen LogP contribution is -2.20. The molecule has 0 saturated carbocycles. The summed E-state index contributed by atoms with van der Waals surface area (Å²) in [5, 5.41) is 9.39. The van der Waals surface area contributed by atoms with E-state index < -0.39 is 0 Å². The molecule has 1 rings (SSSR count). The van der Waals surface area contributed by atoms with Gasteiger partial charge in [-0.2, -0.15) is 0 Å². The van der Waals surface area contributed by atoms with E-state index in [9.17, 15) is 5.11 Å². The van der Waals surface area contributed by atoms with Crippen LogP contribution >= 0.6 is 22.9 Å². The average Bonchev–Trinajstić information content (AvgIpc) is 2.13. The second-order valence-corrected chi connectivity index (χ2v) is 4.10. The topological polar surface area (TPSA) is 49.5 Å². The van der Waals surface area contributed by atoms with Gasteiger partial charge in [-0.25, -0.2) is 3.11 Å². The number of hydrogen-bond donors (Lipinski definition) is 2. The first kappa shape index (κ1) is 8.70. The Morgan fingerprint density at radius 2 is 2.30 bits per heavy atom. The van der Waals surface area contributed by atoms with Crippen LogP contribution in [0.3, 0.4) is 0 Å². The highest BCUT2D eigenvalue weighted by Gasteiger charge is 2.28. The largest absolute Gasteiger partial charge is 0.391 e. The molecule has 0 amide bonds. The maximum Gasteiger partial charge on any atom is 0.0716 e.